The van der Waals surface area contributed by atoms with E-state index < -0.39 is 6.04 Å². The number of nitro groups is 1. The maximum absolute atomic E-state index is 11.1. The molecule has 3 nitrogen and oxygen atoms in total. The van der Waals surface area contributed by atoms with Crippen molar-refractivity contribution >= 4 is 11.1 Å². The Morgan fingerprint density at radius 2 is 1.17 bits per heavy atom. The minimum atomic E-state index is -0.644. The van der Waals surface area contributed by atoms with E-state index in [2.05, 4.69) is 0 Å². The molecule has 0 amide bonds. The van der Waals surface area contributed by atoms with Crippen LogP contribution in [0.2, 0.25) is 0 Å². The molecule has 1 aliphatic carbocycles. The van der Waals surface area contributed by atoms with Crippen molar-refractivity contribution < 1.29 is 4.92 Å². The summed E-state index contributed by atoms with van der Waals surface area (Å²) in [5, 5.41) is 11.1. The van der Waals surface area contributed by atoms with E-state index in [1.54, 1.807) is 0 Å². The van der Waals surface area contributed by atoms with Crippen molar-refractivity contribution in [1.82, 2.24) is 0 Å². The molecule has 3 rings (SSSR count). The topological polar surface area (TPSA) is 43.1 Å². The summed E-state index contributed by atoms with van der Waals surface area (Å²) in [6.45, 7) is 0. The van der Waals surface area contributed by atoms with Gasteiger partial charge in [0.05, 0.1) is 0 Å². The van der Waals surface area contributed by atoms with Crippen LogP contribution in [0.15, 0.2) is 60.7 Å². The van der Waals surface area contributed by atoms with Gasteiger partial charge in [0.15, 0.2) is 0 Å². The van der Waals surface area contributed by atoms with Crippen LogP contribution in [-0.2, 0) is 0 Å². The molecule has 0 saturated heterocycles. The van der Waals surface area contributed by atoms with E-state index in [0.717, 1.165) is 22.3 Å². The molecule has 1 aliphatic rings. The number of nitrogens with zero attached hydrogens (tertiary/aromatic N) is 1. The summed E-state index contributed by atoms with van der Waals surface area (Å²) >= 11 is 0. The number of hydrogen-bond donors (Lipinski definition) is 0. The van der Waals surface area contributed by atoms with Crippen LogP contribution in [0.3, 0.4) is 0 Å². The first kappa shape index (κ1) is 10.7. The molecule has 0 fully saturated rings. The van der Waals surface area contributed by atoms with Gasteiger partial charge < -0.3 is 0 Å². The van der Waals surface area contributed by atoms with Gasteiger partial charge in [-0.1, -0.05) is 60.7 Å². The fraction of sp³-hybridized carbons (Fsp3) is 0.0667. The van der Waals surface area contributed by atoms with Gasteiger partial charge in [-0.25, -0.2) is 0 Å². The molecule has 0 unspecified atom stereocenters. The highest BCUT2D eigenvalue weighted by molar-refractivity contribution is 6.12. The van der Waals surface area contributed by atoms with Crippen molar-refractivity contribution in [3.8, 4) is 0 Å². The van der Waals surface area contributed by atoms with Gasteiger partial charge in [-0.3, -0.25) is 10.1 Å². The second-order valence-corrected chi connectivity index (χ2v) is 4.25. The molecule has 0 aromatic heterocycles. The second kappa shape index (κ2) is 4.11. The van der Waals surface area contributed by atoms with Crippen molar-refractivity contribution in [3.05, 3.63) is 81.9 Å². The lowest BCUT2D eigenvalue weighted by Gasteiger charge is -1.93. The monoisotopic (exact) mass is 237 g/mol. The van der Waals surface area contributed by atoms with Crippen molar-refractivity contribution in [2.75, 3.05) is 0 Å². The zero-order chi connectivity index (χ0) is 12.5. The van der Waals surface area contributed by atoms with E-state index in [1.807, 2.05) is 60.7 Å². The Balaban J connectivity index is 2.05. The van der Waals surface area contributed by atoms with Crippen LogP contribution < -0.4 is 0 Å². The summed E-state index contributed by atoms with van der Waals surface area (Å²) < 4.78 is 0. The van der Waals surface area contributed by atoms with Crippen LogP contribution in [0.1, 0.15) is 11.1 Å². The van der Waals surface area contributed by atoms with Crippen molar-refractivity contribution in [2.24, 2.45) is 0 Å². The minimum Gasteiger partial charge on any atom is -0.264 e. The third kappa shape index (κ3) is 1.70. The van der Waals surface area contributed by atoms with E-state index in [9.17, 15) is 10.1 Å². The highest BCUT2D eigenvalue weighted by Gasteiger charge is 2.48. The molecule has 0 N–H and O–H groups in total. The van der Waals surface area contributed by atoms with E-state index in [0.29, 0.717) is 0 Å². The fourth-order valence-corrected chi connectivity index (χ4v) is 2.28. The van der Waals surface area contributed by atoms with Crippen molar-refractivity contribution in [2.45, 2.75) is 6.04 Å². The Morgan fingerprint density at radius 1 is 0.778 bits per heavy atom. The van der Waals surface area contributed by atoms with Gasteiger partial charge >= 0.3 is 0 Å². The predicted octanol–water partition coefficient (Wildman–Crippen LogP) is 3.26. The van der Waals surface area contributed by atoms with Crippen LogP contribution in [0.25, 0.3) is 11.1 Å². The molecular weight excluding hydrogens is 226 g/mol. The molecule has 88 valence electrons. The lowest BCUT2D eigenvalue weighted by Crippen LogP contribution is -2.06. The molecule has 0 heterocycles. The zero-order valence-electron chi connectivity index (χ0n) is 9.61. The molecule has 0 atom stereocenters. The van der Waals surface area contributed by atoms with Gasteiger partial charge in [-0.2, -0.15) is 0 Å². The number of benzene rings is 2. The SMILES string of the molecule is O=[N+]([O-])C1C(c2ccccc2)=C1c1ccccc1. The lowest BCUT2D eigenvalue weighted by molar-refractivity contribution is -0.482. The van der Waals surface area contributed by atoms with Crippen LogP contribution >= 0.6 is 0 Å². The van der Waals surface area contributed by atoms with Crippen molar-refractivity contribution in [1.29, 1.82) is 0 Å². The van der Waals surface area contributed by atoms with Crippen LogP contribution in [0, 0.1) is 10.1 Å². The first-order valence-corrected chi connectivity index (χ1v) is 5.77. The standard InChI is InChI=1S/C15H11NO2/c17-16(18)15-13(11-7-3-1-4-8-11)14(15)12-9-5-2-6-10-12/h1-10,15H. The summed E-state index contributed by atoms with van der Waals surface area (Å²) in [6, 6.07) is 18.5. The molecule has 0 aliphatic heterocycles. The van der Waals surface area contributed by atoms with Gasteiger partial charge in [0, 0.05) is 16.1 Å². The van der Waals surface area contributed by atoms with Crippen LogP contribution in [-0.4, -0.2) is 11.0 Å². The average molecular weight is 237 g/mol. The number of hydrogen-bond acceptors (Lipinski definition) is 2. The summed E-state index contributed by atoms with van der Waals surface area (Å²) in [7, 11) is 0. The first-order valence-electron chi connectivity index (χ1n) is 5.77. The van der Waals surface area contributed by atoms with Gasteiger partial charge in [0.1, 0.15) is 0 Å². The van der Waals surface area contributed by atoms with Gasteiger partial charge in [0.25, 0.3) is 6.04 Å². The third-order valence-electron chi connectivity index (χ3n) is 3.13. The Bertz CT molecular complexity index is 568. The van der Waals surface area contributed by atoms with Gasteiger partial charge in [-0.05, 0) is 11.1 Å². The van der Waals surface area contributed by atoms with Crippen LogP contribution in [0.4, 0.5) is 0 Å². The van der Waals surface area contributed by atoms with E-state index >= 15 is 0 Å². The van der Waals surface area contributed by atoms with E-state index in [4.69, 9.17) is 0 Å². The second-order valence-electron chi connectivity index (χ2n) is 4.25. The maximum atomic E-state index is 11.1. The molecule has 0 saturated carbocycles. The number of rotatable bonds is 3. The Morgan fingerprint density at radius 3 is 1.50 bits per heavy atom. The molecule has 0 bridgehead atoms. The van der Waals surface area contributed by atoms with Gasteiger partial charge in [-0.15, -0.1) is 0 Å². The Labute approximate surface area is 105 Å². The highest BCUT2D eigenvalue weighted by atomic mass is 16.6. The summed E-state index contributed by atoms with van der Waals surface area (Å²) in [6.07, 6.45) is 0. The lowest BCUT2D eigenvalue weighted by atomic mass is 10.1. The quantitative estimate of drug-likeness (QED) is 0.607. The predicted molar refractivity (Wildman–Crippen MR) is 70.5 cm³/mol. The highest BCUT2D eigenvalue weighted by Crippen LogP contribution is 2.48. The van der Waals surface area contributed by atoms with Crippen molar-refractivity contribution in [3.63, 3.8) is 0 Å². The third-order valence-corrected chi connectivity index (χ3v) is 3.13. The average Bonchev–Trinajstić information content (AvgIpc) is 3.16. The largest absolute Gasteiger partial charge is 0.265 e. The minimum absolute atomic E-state index is 0.218. The molecule has 0 radical (unpaired) electrons. The zero-order valence-corrected chi connectivity index (χ0v) is 9.61. The Kier molecular flexibility index (Phi) is 2.45. The smallest absolute Gasteiger partial charge is 0.264 e. The first-order chi connectivity index (χ1) is 8.79. The maximum Gasteiger partial charge on any atom is 0.265 e. The molecular formula is C15H11NO2. The van der Waals surface area contributed by atoms with Crippen LogP contribution in [0.5, 0.6) is 0 Å². The van der Waals surface area contributed by atoms with E-state index in [-0.39, 0.29) is 4.92 Å². The molecule has 3 heteroatoms. The molecule has 18 heavy (non-hydrogen) atoms. The molecule has 2 aromatic rings. The Hall–Kier alpha value is -2.42. The van der Waals surface area contributed by atoms with Gasteiger partial charge in [0.2, 0.25) is 0 Å². The molecule has 0 spiro atoms. The summed E-state index contributed by atoms with van der Waals surface area (Å²) in [5.74, 6) is 0. The normalized spacial score (nSPS) is 14.7. The summed E-state index contributed by atoms with van der Waals surface area (Å²) in [5.41, 5.74) is 3.56. The van der Waals surface area contributed by atoms with E-state index in [1.165, 1.54) is 0 Å². The molecule has 2 aromatic carbocycles. The summed E-state index contributed by atoms with van der Waals surface area (Å²) in [4.78, 5) is 10.9. The fourth-order valence-electron chi connectivity index (χ4n) is 2.28.